The summed E-state index contributed by atoms with van der Waals surface area (Å²) in [6.07, 6.45) is 17.7. The Morgan fingerprint density at radius 1 is 0.773 bits per heavy atom. The van der Waals surface area contributed by atoms with Gasteiger partial charge in [0.25, 0.3) is 0 Å². The average Bonchev–Trinajstić information content (AvgIpc) is 2.53. The largest absolute Gasteiger partial charge is 0.378 e. The van der Waals surface area contributed by atoms with E-state index in [4.69, 9.17) is 4.74 Å². The zero-order chi connectivity index (χ0) is 15.6. The molecule has 0 spiro atoms. The third-order valence-corrected chi connectivity index (χ3v) is 5.76. The monoisotopic (exact) mass is 308 g/mol. The molecule has 22 heavy (non-hydrogen) atoms. The molecule has 2 nitrogen and oxygen atoms in total. The van der Waals surface area contributed by atoms with Crippen LogP contribution in [0, 0.1) is 18.8 Å². The van der Waals surface area contributed by atoms with Crippen molar-refractivity contribution < 1.29 is 9.84 Å². The lowest BCUT2D eigenvalue weighted by Crippen LogP contribution is -2.44. The summed E-state index contributed by atoms with van der Waals surface area (Å²) in [6, 6.07) is 0. The van der Waals surface area contributed by atoms with Crippen molar-refractivity contribution in [1.82, 2.24) is 0 Å². The first kappa shape index (κ1) is 18.3. The van der Waals surface area contributed by atoms with Gasteiger partial charge in [-0.3, -0.25) is 0 Å². The van der Waals surface area contributed by atoms with Crippen molar-refractivity contribution in [3.8, 4) is 0 Å². The van der Waals surface area contributed by atoms with Gasteiger partial charge < -0.3 is 4.74 Å². The average molecular weight is 309 g/mol. The van der Waals surface area contributed by atoms with Crippen LogP contribution in [0.5, 0.6) is 0 Å². The van der Waals surface area contributed by atoms with Gasteiger partial charge in [-0.05, 0) is 43.9 Å². The summed E-state index contributed by atoms with van der Waals surface area (Å²) < 4.78 is 6.09. The fourth-order valence-corrected chi connectivity index (χ4v) is 4.28. The SMILES string of the molecule is [CH2]CCCCCCCCCCCOC1CC2CCC1CC2[O]. The van der Waals surface area contributed by atoms with Gasteiger partial charge in [-0.1, -0.05) is 64.7 Å². The van der Waals surface area contributed by atoms with E-state index in [1.165, 1.54) is 64.2 Å². The van der Waals surface area contributed by atoms with Crippen molar-refractivity contribution >= 4 is 0 Å². The number of ether oxygens (including phenoxy) is 1. The molecule has 0 aromatic carbocycles. The van der Waals surface area contributed by atoms with E-state index >= 15 is 0 Å². The molecule has 3 aliphatic carbocycles. The molecule has 0 aromatic rings. The minimum atomic E-state index is -0.285. The fourth-order valence-electron chi connectivity index (χ4n) is 4.28. The maximum atomic E-state index is 11.8. The van der Waals surface area contributed by atoms with E-state index in [0.717, 1.165) is 32.3 Å². The molecule has 4 unspecified atom stereocenters. The maximum Gasteiger partial charge on any atom is 0.0962 e. The van der Waals surface area contributed by atoms with Crippen LogP contribution >= 0.6 is 0 Å². The first-order valence-corrected chi connectivity index (χ1v) is 9.88. The van der Waals surface area contributed by atoms with Crippen LogP contribution in [0.3, 0.4) is 0 Å². The molecule has 0 heterocycles. The lowest BCUT2D eigenvalue weighted by atomic mass is 9.67. The molecule has 2 heteroatoms. The van der Waals surface area contributed by atoms with Crippen LogP contribution in [0.1, 0.15) is 89.9 Å². The second-order valence-corrected chi connectivity index (χ2v) is 7.55. The Kier molecular flexibility index (Phi) is 8.84. The predicted octanol–water partition coefficient (Wildman–Crippen LogP) is 5.73. The van der Waals surface area contributed by atoms with Gasteiger partial charge in [0.05, 0.1) is 12.2 Å². The van der Waals surface area contributed by atoms with Gasteiger partial charge in [0, 0.05) is 6.61 Å². The molecule has 3 fully saturated rings. The van der Waals surface area contributed by atoms with Gasteiger partial charge in [0.15, 0.2) is 0 Å². The molecule has 0 amide bonds. The maximum absolute atomic E-state index is 11.8. The highest BCUT2D eigenvalue weighted by atomic mass is 16.5. The molecule has 2 bridgehead atoms. The fraction of sp³-hybridized carbons (Fsp3) is 0.950. The first-order valence-electron chi connectivity index (χ1n) is 9.88. The quantitative estimate of drug-likeness (QED) is 0.423. The standard InChI is InChI=1S/C20H36O2/c1-2-3-4-5-6-7-8-9-10-11-14-22-20-16-17-12-13-18(20)15-19(17)21/h17-20H,1-16H2. The lowest BCUT2D eigenvalue weighted by Gasteiger charge is -2.44. The molecule has 0 aliphatic heterocycles. The molecule has 0 aromatic heterocycles. The molecule has 3 saturated carbocycles. The second-order valence-electron chi connectivity index (χ2n) is 7.55. The van der Waals surface area contributed by atoms with Crippen molar-refractivity contribution in [2.75, 3.05) is 6.61 Å². The van der Waals surface area contributed by atoms with E-state index in [2.05, 4.69) is 6.92 Å². The normalized spacial score (nSPS) is 30.8. The summed E-state index contributed by atoms with van der Waals surface area (Å²) in [5, 5.41) is 11.8. The Bertz CT molecular complexity index is 279. The van der Waals surface area contributed by atoms with Crippen LogP contribution in [0.25, 0.3) is 0 Å². The number of hydrogen-bond acceptors (Lipinski definition) is 1. The number of rotatable bonds is 12. The molecule has 3 rings (SSSR count). The third-order valence-electron chi connectivity index (χ3n) is 5.76. The van der Waals surface area contributed by atoms with Crippen molar-refractivity contribution in [2.45, 2.75) is 102 Å². The summed E-state index contributed by atoms with van der Waals surface area (Å²) in [4.78, 5) is 0. The van der Waals surface area contributed by atoms with Gasteiger partial charge >= 0.3 is 0 Å². The van der Waals surface area contributed by atoms with Gasteiger partial charge in [0.2, 0.25) is 0 Å². The lowest BCUT2D eigenvalue weighted by molar-refractivity contribution is -0.121. The van der Waals surface area contributed by atoms with Gasteiger partial charge in [0.1, 0.15) is 0 Å². The van der Waals surface area contributed by atoms with Gasteiger partial charge in [-0.25, -0.2) is 5.11 Å². The highest BCUT2D eigenvalue weighted by Crippen LogP contribution is 2.43. The van der Waals surface area contributed by atoms with Crippen molar-refractivity contribution in [3.63, 3.8) is 0 Å². The molecule has 4 atom stereocenters. The minimum absolute atomic E-state index is 0.285. The highest BCUT2D eigenvalue weighted by Gasteiger charge is 2.42. The zero-order valence-corrected chi connectivity index (χ0v) is 14.4. The molecule has 3 aliphatic rings. The molecule has 128 valence electrons. The van der Waals surface area contributed by atoms with Crippen molar-refractivity contribution in [1.29, 1.82) is 0 Å². The van der Waals surface area contributed by atoms with Gasteiger partial charge in [-0.15, -0.1) is 0 Å². The summed E-state index contributed by atoms with van der Waals surface area (Å²) in [6.45, 7) is 4.80. The summed E-state index contributed by atoms with van der Waals surface area (Å²) in [5.74, 6) is 0.990. The first-order chi connectivity index (χ1) is 10.8. The van der Waals surface area contributed by atoms with Crippen LogP contribution in [-0.2, 0) is 9.84 Å². The van der Waals surface area contributed by atoms with E-state index in [9.17, 15) is 5.11 Å². The Balaban J connectivity index is 1.38. The summed E-state index contributed by atoms with van der Waals surface area (Å²) in [7, 11) is 0. The van der Waals surface area contributed by atoms with Gasteiger partial charge in [-0.2, -0.15) is 0 Å². The molecule has 0 saturated heterocycles. The van der Waals surface area contributed by atoms with E-state index in [-0.39, 0.29) is 6.10 Å². The van der Waals surface area contributed by atoms with Crippen LogP contribution in [0.15, 0.2) is 0 Å². The Hall–Kier alpha value is -0.0800. The second kappa shape index (κ2) is 10.6. The summed E-state index contributed by atoms with van der Waals surface area (Å²) >= 11 is 0. The highest BCUT2D eigenvalue weighted by molar-refractivity contribution is 4.92. The topological polar surface area (TPSA) is 29.1 Å². The third kappa shape index (κ3) is 6.20. The number of unbranched alkanes of at least 4 members (excludes halogenated alkanes) is 9. The Morgan fingerprint density at radius 3 is 1.91 bits per heavy atom. The predicted molar refractivity (Wildman–Crippen MR) is 91.2 cm³/mol. The zero-order valence-electron chi connectivity index (χ0n) is 14.4. The number of hydrogen-bond donors (Lipinski definition) is 0. The van der Waals surface area contributed by atoms with Crippen LogP contribution < -0.4 is 0 Å². The van der Waals surface area contributed by atoms with Crippen LogP contribution in [-0.4, -0.2) is 18.8 Å². The number of fused-ring (bicyclic) bond motifs is 3. The van der Waals surface area contributed by atoms with E-state index < -0.39 is 0 Å². The van der Waals surface area contributed by atoms with Crippen LogP contribution in [0.2, 0.25) is 0 Å². The van der Waals surface area contributed by atoms with E-state index in [0.29, 0.717) is 17.9 Å². The van der Waals surface area contributed by atoms with E-state index in [1.807, 2.05) is 0 Å². The van der Waals surface area contributed by atoms with Crippen LogP contribution in [0.4, 0.5) is 0 Å². The Labute approximate surface area is 138 Å². The molecule has 2 radical (unpaired) electrons. The smallest absolute Gasteiger partial charge is 0.0962 e. The van der Waals surface area contributed by atoms with Crippen molar-refractivity contribution in [3.05, 3.63) is 6.92 Å². The minimum Gasteiger partial charge on any atom is -0.378 e. The molecule has 0 N–H and O–H groups in total. The van der Waals surface area contributed by atoms with Crippen molar-refractivity contribution in [2.24, 2.45) is 11.8 Å². The summed E-state index contributed by atoms with van der Waals surface area (Å²) in [5.41, 5.74) is 0. The Morgan fingerprint density at radius 2 is 1.36 bits per heavy atom. The molecular formula is C20H36O2. The van der Waals surface area contributed by atoms with E-state index in [1.54, 1.807) is 0 Å². The molecular weight excluding hydrogens is 272 g/mol.